The van der Waals surface area contributed by atoms with Crippen LogP contribution in [-0.4, -0.2) is 39.4 Å². The molecule has 1 aliphatic rings. The molecule has 1 heterocycles. The largest absolute Gasteiger partial charge is 0.497 e. The van der Waals surface area contributed by atoms with E-state index in [1.165, 1.54) is 7.11 Å². The van der Waals surface area contributed by atoms with E-state index in [1.54, 1.807) is 19.2 Å². The van der Waals surface area contributed by atoms with Crippen LogP contribution in [0.2, 0.25) is 0 Å². The van der Waals surface area contributed by atoms with Gasteiger partial charge in [0.25, 0.3) is 0 Å². The van der Waals surface area contributed by atoms with Crippen molar-refractivity contribution in [3.8, 4) is 11.5 Å². The molecule has 1 N–H and O–H groups in total. The second-order valence-electron chi connectivity index (χ2n) is 7.76. The predicted octanol–water partition coefficient (Wildman–Crippen LogP) is 4.73. The Labute approximate surface area is 188 Å². The van der Waals surface area contributed by atoms with Crippen molar-refractivity contribution in [2.45, 2.75) is 19.1 Å². The van der Waals surface area contributed by atoms with Crippen LogP contribution in [0.3, 0.4) is 0 Å². The van der Waals surface area contributed by atoms with E-state index >= 15 is 0 Å². The van der Waals surface area contributed by atoms with Crippen molar-refractivity contribution in [3.63, 3.8) is 0 Å². The van der Waals surface area contributed by atoms with Gasteiger partial charge in [-0.15, -0.1) is 0 Å². The first-order chi connectivity index (χ1) is 15.6. The molecule has 2 atom stereocenters. The highest BCUT2D eigenvalue weighted by Gasteiger charge is 2.27. The van der Waals surface area contributed by atoms with Crippen molar-refractivity contribution >= 4 is 17.3 Å². The third kappa shape index (κ3) is 4.70. The maximum atomic E-state index is 11.8. The summed E-state index contributed by atoms with van der Waals surface area (Å²) in [6, 6.07) is 23.7. The van der Waals surface area contributed by atoms with Gasteiger partial charge in [-0.2, -0.15) is 0 Å². The number of rotatable bonds is 7. The van der Waals surface area contributed by atoms with Gasteiger partial charge in [0.15, 0.2) is 0 Å². The van der Waals surface area contributed by atoms with Crippen LogP contribution in [0.4, 0.5) is 11.4 Å². The summed E-state index contributed by atoms with van der Waals surface area (Å²) in [5, 5.41) is 3.59. The molecule has 0 aromatic heterocycles. The molecule has 0 saturated heterocycles. The normalized spacial score (nSPS) is 16.0. The zero-order chi connectivity index (χ0) is 22.5. The summed E-state index contributed by atoms with van der Waals surface area (Å²) in [4.78, 5) is 14.0. The quantitative estimate of drug-likeness (QED) is 0.545. The van der Waals surface area contributed by atoms with Gasteiger partial charge in [0.2, 0.25) is 0 Å². The average Bonchev–Trinajstić information content (AvgIpc) is 2.86. The van der Waals surface area contributed by atoms with Crippen molar-refractivity contribution in [2.75, 3.05) is 32.2 Å². The number of para-hydroxylation sites is 2. The van der Waals surface area contributed by atoms with E-state index in [2.05, 4.69) is 23.2 Å². The Morgan fingerprint density at radius 3 is 2.62 bits per heavy atom. The van der Waals surface area contributed by atoms with Crippen LogP contribution in [0.15, 0.2) is 72.8 Å². The molecule has 3 aromatic carbocycles. The Morgan fingerprint density at radius 1 is 1.09 bits per heavy atom. The van der Waals surface area contributed by atoms with E-state index < -0.39 is 0 Å². The van der Waals surface area contributed by atoms with Crippen LogP contribution >= 0.6 is 0 Å². The molecule has 0 amide bonds. The van der Waals surface area contributed by atoms with E-state index in [0.717, 1.165) is 28.4 Å². The number of nitrogens with zero attached hydrogens (tertiary/aromatic N) is 1. The standard InChI is InChI=1S/C26H28N2O4/c1-18(20-7-6-8-22(15-20)30-2)27-16-23-17-28(24-9-4-5-10-25(24)32-23)21-13-11-19(12-14-21)26(29)31-3/h4-15,18,23,27H,16-17H2,1-3H3. The van der Waals surface area contributed by atoms with Crippen LogP contribution in [0.25, 0.3) is 0 Å². The summed E-state index contributed by atoms with van der Waals surface area (Å²) in [5.74, 6) is 1.35. The number of anilines is 2. The molecule has 6 heteroatoms. The zero-order valence-corrected chi connectivity index (χ0v) is 18.6. The fourth-order valence-corrected chi connectivity index (χ4v) is 3.88. The molecule has 0 radical (unpaired) electrons. The number of esters is 1. The number of fused-ring (bicyclic) bond motifs is 1. The van der Waals surface area contributed by atoms with E-state index in [4.69, 9.17) is 14.2 Å². The molecule has 32 heavy (non-hydrogen) atoms. The highest BCUT2D eigenvalue weighted by Crippen LogP contribution is 2.38. The number of carbonyl (C=O) groups excluding carboxylic acids is 1. The van der Waals surface area contributed by atoms with Gasteiger partial charge in [-0.1, -0.05) is 24.3 Å². The lowest BCUT2D eigenvalue weighted by Crippen LogP contribution is -2.44. The van der Waals surface area contributed by atoms with Crippen molar-refractivity contribution < 1.29 is 19.0 Å². The number of carbonyl (C=O) groups is 1. The number of hydrogen-bond donors (Lipinski definition) is 1. The molecular weight excluding hydrogens is 404 g/mol. The molecule has 3 aromatic rings. The molecule has 6 nitrogen and oxygen atoms in total. The number of ether oxygens (including phenoxy) is 3. The van der Waals surface area contributed by atoms with Crippen molar-refractivity contribution in [1.29, 1.82) is 0 Å². The van der Waals surface area contributed by atoms with Crippen molar-refractivity contribution in [2.24, 2.45) is 0 Å². The molecule has 4 rings (SSSR count). The molecule has 0 fully saturated rings. The van der Waals surface area contributed by atoms with Gasteiger partial charge in [0, 0.05) is 18.3 Å². The van der Waals surface area contributed by atoms with E-state index in [1.807, 2.05) is 54.6 Å². The fourth-order valence-electron chi connectivity index (χ4n) is 3.88. The van der Waals surface area contributed by atoms with E-state index in [0.29, 0.717) is 18.7 Å². The molecular formula is C26H28N2O4. The van der Waals surface area contributed by atoms with Gasteiger partial charge in [-0.25, -0.2) is 4.79 Å². The molecule has 166 valence electrons. The summed E-state index contributed by atoms with van der Waals surface area (Å²) >= 11 is 0. The van der Waals surface area contributed by atoms with Crippen LogP contribution < -0.4 is 19.7 Å². The number of nitrogens with one attached hydrogen (secondary N) is 1. The lowest BCUT2D eigenvalue weighted by Gasteiger charge is -2.37. The predicted molar refractivity (Wildman–Crippen MR) is 125 cm³/mol. The maximum absolute atomic E-state index is 11.8. The van der Waals surface area contributed by atoms with Crippen LogP contribution in [0.5, 0.6) is 11.5 Å². The summed E-state index contributed by atoms with van der Waals surface area (Å²) in [5.41, 5.74) is 3.70. The van der Waals surface area contributed by atoms with Crippen LogP contribution in [0.1, 0.15) is 28.9 Å². The average molecular weight is 433 g/mol. The molecule has 1 aliphatic heterocycles. The molecule has 0 bridgehead atoms. The molecule has 0 spiro atoms. The summed E-state index contributed by atoms with van der Waals surface area (Å²) in [6.07, 6.45) is -0.0433. The number of methoxy groups -OCH3 is 2. The zero-order valence-electron chi connectivity index (χ0n) is 18.6. The number of hydrogen-bond acceptors (Lipinski definition) is 6. The highest BCUT2D eigenvalue weighted by atomic mass is 16.5. The van der Waals surface area contributed by atoms with Gasteiger partial charge in [-0.3, -0.25) is 0 Å². The number of benzene rings is 3. The van der Waals surface area contributed by atoms with Crippen LogP contribution in [0, 0.1) is 0 Å². The Kier molecular flexibility index (Phi) is 6.61. The molecule has 0 aliphatic carbocycles. The van der Waals surface area contributed by atoms with E-state index in [-0.39, 0.29) is 18.1 Å². The summed E-state index contributed by atoms with van der Waals surface area (Å²) < 4.78 is 16.4. The fraction of sp³-hybridized carbons (Fsp3) is 0.269. The second kappa shape index (κ2) is 9.75. The van der Waals surface area contributed by atoms with Crippen molar-refractivity contribution in [1.82, 2.24) is 5.32 Å². The summed E-state index contributed by atoms with van der Waals surface area (Å²) in [7, 11) is 3.06. The minimum absolute atomic E-state index is 0.0433. The Bertz CT molecular complexity index is 1070. The SMILES string of the molecule is COC(=O)c1ccc(N2CC(CNC(C)c3cccc(OC)c3)Oc3ccccc32)cc1. The van der Waals surface area contributed by atoms with Gasteiger partial charge >= 0.3 is 5.97 Å². The van der Waals surface area contributed by atoms with E-state index in [9.17, 15) is 4.79 Å². The highest BCUT2D eigenvalue weighted by molar-refractivity contribution is 5.90. The third-order valence-electron chi connectivity index (χ3n) is 5.68. The Morgan fingerprint density at radius 2 is 1.88 bits per heavy atom. The minimum Gasteiger partial charge on any atom is -0.497 e. The minimum atomic E-state index is -0.340. The first-order valence-electron chi connectivity index (χ1n) is 10.7. The lowest BCUT2D eigenvalue weighted by molar-refractivity contribution is 0.0600. The van der Waals surface area contributed by atoms with Gasteiger partial charge in [-0.05, 0) is 61.0 Å². The van der Waals surface area contributed by atoms with Crippen LogP contribution in [-0.2, 0) is 4.74 Å². The monoisotopic (exact) mass is 432 g/mol. The molecule has 2 unspecified atom stereocenters. The van der Waals surface area contributed by atoms with Crippen molar-refractivity contribution in [3.05, 3.63) is 83.9 Å². The molecule has 0 saturated carbocycles. The smallest absolute Gasteiger partial charge is 0.337 e. The summed E-state index contributed by atoms with van der Waals surface area (Å²) in [6.45, 7) is 3.50. The van der Waals surface area contributed by atoms with Gasteiger partial charge in [0.1, 0.15) is 17.6 Å². The van der Waals surface area contributed by atoms with Gasteiger partial charge in [0.05, 0.1) is 32.0 Å². The van der Waals surface area contributed by atoms with Gasteiger partial charge < -0.3 is 24.4 Å². The first kappa shape index (κ1) is 21.7. The second-order valence-corrected chi connectivity index (χ2v) is 7.76. The third-order valence-corrected chi connectivity index (χ3v) is 5.68. The maximum Gasteiger partial charge on any atom is 0.337 e. The lowest BCUT2D eigenvalue weighted by atomic mass is 10.1. The first-order valence-corrected chi connectivity index (χ1v) is 10.7. The Hall–Kier alpha value is -3.51. The Balaban J connectivity index is 1.50. The topological polar surface area (TPSA) is 60.0 Å².